The molecule has 1 N–H and O–H groups in total. The Labute approximate surface area is 216 Å². The zero-order valence-corrected chi connectivity index (χ0v) is 21.5. The molecule has 0 bridgehead atoms. The summed E-state index contributed by atoms with van der Waals surface area (Å²) in [6, 6.07) is 18.8. The van der Waals surface area contributed by atoms with Crippen LogP contribution in [0.25, 0.3) is 22.2 Å². The number of carbonyl (C=O) groups is 2. The summed E-state index contributed by atoms with van der Waals surface area (Å²) in [7, 11) is 3.54. The van der Waals surface area contributed by atoms with Crippen molar-refractivity contribution in [1.82, 2.24) is 14.5 Å². The molecule has 1 aliphatic rings. The molecule has 0 radical (unpaired) electrons. The van der Waals surface area contributed by atoms with Crippen LogP contribution in [0.5, 0.6) is 5.88 Å². The summed E-state index contributed by atoms with van der Waals surface area (Å²) in [5.41, 5.74) is 4.13. The number of amides is 3. The first-order valence-corrected chi connectivity index (χ1v) is 12.7. The topological polar surface area (TPSA) is 86.1 Å². The molecular weight excluding hydrogens is 466 g/mol. The highest BCUT2D eigenvalue weighted by Crippen LogP contribution is 2.36. The number of hydrogen-bond acceptors (Lipinski definition) is 5. The van der Waals surface area contributed by atoms with Crippen molar-refractivity contribution >= 4 is 28.7 Å². The van der Waals surface area contributed by atoms with E-state index < -0.39 is 0 Å². The molecule has 8 heteroatoms. The molecular formula is C29H32N5O3+. The Bertz CT molecular complexity index is 1460. The summed E-state index contributed by atoms with van der Waals surface area (Å²) in [6.07, 6.45) is 4.04. The van der Waals surface area contributed by atoms with E-state index in [1.807, 2.05) is 79.2 Å². The van der Waals surface area contributed by atoms with Crippen molar-refractivity contribution in [2.24, 2.45) is 7.05 Å². The van der Waals surface area contributed by atoms with E-state index in [0.717, 1.165) is 40.8 Å². The Balaban J connectivity index is 1.41. The second-order valence-electron chi connectivity index (χ2n) is 9.59. The molecule has 3 heterocycles. The summed E-state index contributed by atoms with van der Waals surface area (Å²) in [4.78, 5) is 36.7. The Morgan fingerprint density at radius 2 is 1.84 bits per heavy atom. The molecule has 2 aromatic heterocycles. The van der Waals surface area contributed by atoms with Gasteiger partial charge in [-0.2, -0.15) is 4.48 Å². The van der Waals surface area contributed by atoms with E-state index in [0.29, 0.717) is 24.5 Å². The zero-order chi connectivity index (χ0) is 26.0. The van der Waals surface area contributed by atoms with Gasteiger partial charge in [0.2, 0.25) is 5.88 Å². The molecule has 2 aromatic carbocycles. The van der Waals surface area contributed by atoms with Crippen molar-refractivity contribution in [2.75, 3.05) is 19.0 Å². The molecule has 3 amide bonds. The van der Waals surface area contributed by atoms with Crippen LogP contribution >= 0.6 is 0 Å². The van der Waals surface area contributed by atoms with Crippen molar-refractivity contribution in [2.45, 2.75) is 38.6 Å². The van der Waals surface area contributed by atoms with Gasteiger partial charge >= 0.3 is 11.9 Å². The minimum Gasteiger partial charge on any atom is -0.481 e. The Hall–Kier alpha value is -4.04. The molecule has 8 nitrogen and oxygen atoms in total. The number of carbonyl (C=O) groups excluding carboxylic acids is 2. The number of nitrogens with one attached hydrogen (secondary N) is 1. The summed E-state index contributed by atoms with van der Waals surface area (Å²) >= 11 is 0. The number of likely N-dealkylation sites (tertiary alicyclic amines) is 1. The fraction of sp³-hybridized carbons (Fsp3) is 0.310. The first-order valence-electron chi connectivity index (χ1n) is 12.7. The fourth-order valence-electron chi connectivity index (χ4n) is 5.50. The molecule has 1 aliphatic heterocycles. The third-order valence-electron chi connectivity index (χ3n) is 7.56. The van der Waals surface area contributed by atoms with Crippen molar-refractivity contribution < 1.29 is 18.8 Å². The lowest BCUT2D eigenvalue weighted by Crippen LogP contribution is -2.60. The van der Waals surface area contributed by atoms with Crippen LogP contribution in [-0.2, 0) is 18.3 Å². The van der Waals surface area contributed by atoms with Gasteiger partial charge in [0.15, 0.2) is 0 Å². The smallest absolute Gasteiger partial charge is 0.428 e. The quantitative estimate of drug-likeness (QED) is 0.363. The summed E-state index contributed by atoms with van der Waals surface area (Å²) in [5.74, 6) is 1.24. The Kier molecular flexibility index (Phi) is 6.76. The third kappa shape index (κ3) is 4.38. The van der Waals surface area contributed by atoms with Crippen LogP contribution in [-0.4, -0.2) is 50.7 Å². The number of aryl methyl sites for hydroxylation is 2. The lowest BCUT2D eigenvalue weighted by Gasteiger charge is -2.33. The van der Waals surface area contributed by atoms with Gasteiger partial charge in [0.05, 0.1) is 36.8 Å². The molecule has 37 heavy (non-hydrogen) atoms. The maximum atomic E-state index is 13.9. The van der Waals surface area contributed by atoms with Crippen LogP contribution in [0, 0.1) is 0 Å². The largest absolute Gasteiger partial charge is 0.481 e. The SMILES string of the molecule is COc1ncccc1-c1ccccc1NC(=O)[N+]1(C(=O)CCc2nc3ccccc3n2C)CCC[C@H]1C. The highest BCUT2D eigenvalue weighted by Gasteiger charge is 2.52. The van der Waals surface area contributed by atoms with Gasteiger partial charge in [0, 0.05) is 43.6 Å². The number of aromatic nitrogens is 3. The molecule has 1 saturated heterocycles. The standard InChI is InChI=1S/C29H31N5O3/c1-20-10-9-19-34(20,27(35)17-16-26-31-24-14-6-7-15-25(24)33(26)2)29(36)32-23-13-5-4-11-21(23)22-12-8-18-30-28(22)37-3/h4-8,11-15,18,20H,9-10,16-17,19H2,1-3H3/p+1/t20-,34?/m1/s1. The number of urea groups is 1. The predicted molar refractivity (Wildman–Crippen MR) is 143 cm³/mol. The van der Waals surface area contributed by atoms with Crippen molar-refractivity contribution in [1.29, 1.82) is 0 Å². The van der Waals surface area contributed by atoms with Crippen LogP contribution in [0.4, 0.5) is 10.5 Å². The number of anilines is 1. The minimum absolute atomic E-state index is 0.0778. The van der Waals surface area contributed by atoms with Gasteiger partial charge in [-0.15, -0.1) is 0 Å². The fourth-order valence-corrected chi connectivity index (χ4v) is 5.50. The first-order chi connectivity index (χ1) is 18.0. The van der Waals surface area contributed by atoms with Crippen LogP contribution in [0.2, 0.25) is 0 Å². The van der Waals surface area contributed by atoms with E-state index in [1.165, 1.54) is 0 Å². The van der Waals surface area contributed by atoms with Gasteiger partial charge < -0.3 is 9.30 Å². The summed E-state index contributed by atoms with van der Waals surface area (Å²) in [5, 5.41) is 3.09. The molecule has 0 saturated carbocycles. The molecule has 190 valence electrons. The second kappa shape index (κ2) is 10.1. The van der Waals surface area contributed by atoms with E-state index in [1.54, 1.807) is 13.3 Å². The van der Waals surface area contributed by atoms with Crippen LogP contribution in [0.3, 0.4) is 0 Å². The number of quaternary nitrogens is 1. The number of fused-ring (bicyclic) bond motifs is 1. The normalized spacial score (nSPS) is 19.2. The van der Waals surface area contributed by atoms with Gasteiger partial charge in [-0.1, -0.05) is 30.3 Å². The zero-order valence-electron chi connectivity index (χ0n) is 21.5. The maximum absolute atomic E-state index is 13.9. The lowest BCUT2D eigenvalue weighted by molar-refractivity contribution is -0.782. The number of nitrogens with zero attached hydrogens (tertiary/aromatic N) is 4. The molecule has 4 aromatic rings. The van der Waals surface area contributed by atoms with Gasteiger partial charge in [0.25, 0.3) is 0 Å². The van der Waals surface area contributed by atoms with E-state index >= 15 is 0 Å². The van der Waals surface area contributed by atoms with Crippen molar-refractivity contribution in [3.63, 3.8) is 0 Å². The molecule has 1 fully saturated rings. The van der Waals surface area contributed by atoms with E-state index in [-0.39, 0.29) is 28.9 Å². The predicted octanol–water partition coefficient (Wildman–Crippen LogP) is 5.33. The average molecular weight is 499 g/mol. The molecule has 5 rings (SSSR count). The number of para-hydroxylation sites is 3. The maximum Gasteiger partial charge on any atom is 0.428 e. The average Bonchev–Trinajstić information content (AvgIpc) is 3.47. The number of hydrogen-bond donors (Lipinski definition) is 1. The second-order valence-corrected chi connectivity index (χ2v) is 9.59. The third-order valence-corrected chi connectivity index (χ3v) is 7.56. The van der Waals surface area contributed by atoms with Crippen LogP contribution in [0.1, 0.15) is 32.0 Å². The minimum atomic E-state index is -0.296. The van der Waals surface area contributed by atoms with Crippen molar-refractivity contribution in [3.05, 3.63) is 72.7 Å². The summed E-state index contributed by atoms with van der Waals surface area (Å²) in [6.45, 7) is 2.49. The van der Waals surface area contributed by atoms with Crippen LogP contribution in [0.15, 0.2) is 66.9 Å². The summed E-state index contributed by atoms with van der Waals surface area (Å²) < 4.78 is 7.27. The molecule has 2 atom stereocenters. The molecule has 0 aliphatic carbocycles. The van der Waals surface area contributed by atoms with Gasteiger partial charge in [-0.05, 0) is 37.3 Å². The first kappa shape index (κ1) is 24.6. The van der Waals surface area contributed by atoms with Crippen LogP contribution < -0.4 is 10.1 Å². The monoisotopic (exact) mass is 498 g/mol. The molecule has 0 spiro atoms. The Morgan fingerprint density at radius 3 is 2.59 bits per heavy atom. The Morgan fingerprint density at radius 1 is 1.08 bits per heavy atom. The van der Waals surface area contributed by atoms with E-state index in [2.05, 4.69) is 10.3 Å². The number of imide groups is 1. The number of benzene rings is 2. The highest BCUT2D eigenvalue weighted by molar-refractivity contribution is 5.96. The highest BCUT2D eigenvalue weighted by atomic mass is 16.5. The molecule has 1 unspecified atom stereocenters. The van der Waals surface area contributed by atoms with Gasteiger partial charge in [-0.3, -0.25) is 5.32 Å². The number of imidazole rings is 1. The number of ether oxygens (including phenoxy) is 1. The lowest BCUT2D eigenvalue weighted by atomic mass is 10.0. The van der Waals surface area contributed by atoms with Gasteiger partial charge in [-0.25, -0.2) is 19.6 Å². The number of methoxy groups -OCH3 is 1. The van der Waals surface area contributed by atoms with Gasteiger partial charge in [0.1, 0.15) is 11.9 Å². The number of rotatable bonds is 6. The number of pyridine rings is 1. The van der Waals surface area contributed by atoms with E-state index in [4.69, 9.17) is 9.72 Å². The van der Waals surface area contributed by atoms with E-state index in [9.17, 15) is 9.59 Å². The van der Waals surface area contributed by atoms with Crippen molar-refractivity contribution in [3.8, 4) is 17.0 Å².